The Morgan fingerprint density at radius 1 is 0.857 bits per heavy atom. The van der Waals surface area contributed by atoms with Crippen LogP contribution in [0.5, 0.6) is 11.5 Å². The molecule has 9 heteroatoms. The minimum Gasteiger partial charge on any atom is -0.454 e. The van der Waals surface area contributed by atoms with E-state index >= 15 is 0 Å². The van der Waals surface area contributed by atoms with Crippen LogP contribution >= 0.6 is 0 Å². The molecule has 144 valence electrons. The van der Waals surface area contributed by atoms with E-state index in [9.17, 15) is 8.42 Å². The van der Waals surface area contributed by atoms with Gasteiger partial charge in [-0.05, 0) is 61.4 Å². The molecule has 0 saturated carbocycles. The van der Waals surface area contributed by atoms with Gasteiger partial charge in [-0.2, -0.15) is 0 Å². The average Bonchev–Trinajstić information content (AvgIpc) is 3.14. The molecule has 0 radical (unpaired) electrons. The maximum atomic E-state index is 12.6. The van der Waals surface area contributed by atoms with E-state index in [1.165, 1.54) is 17.7 Å². The fourth-order valence-electron chi connectivity index (χ4n) is 2.66. The molecule has 0 bridgehead atoms. The molecule has 3 aromatic rings. The number of hydrogen-bond donors (Lipinski definition) is 2. The molecule has 0 spiro atoms. The summed E-state index contributed by atoms with van der Waals surface area (Å²) in [7, 11) is -3.83. The fraction of sp³-hybridized carbons (Fsp3) is 0.158. The molecular weight excluding hydrogens is 380 g/mol. The molecule has 1 aliphatic heterocycles. The second-order valence-corrected chi connectivity index (χ2v) is 8.03. The monoisotopic (exact) mass is 398 g/mol. The molecule has 2 heterocycles. The Balaban J connectivity index is 1.48. The van der Waals surface area contributed by atoms with Crippen LogP contribution in [0.3, 0.4) is 0 Å². The van der Waals surface area contributed by atoms with Crippen LogP contribution in [0.15, 0.2) is 53.4 Å². The quantitative estimate of drug-likeness (QED) is 0.679. The van der Waals surface area contributed by atoms with Gasteiger partial charge in [0.05, 0.1) is 4.90 Å². The number of ether oxygens (including phenoxy) is 2. The number of hydrogen-bond acceptors (Lipinski definition) is 7. The molecule has 0 saturated heterocycles. The van der Waals surface area contributed by atoms with Crippen molar-refractivity contribution in [2.75, 3.05) is 16.8 Å². The van der Waals surface area contributed by atoms with Crippen molar-refractivity contribution in [1.29, 1.82) is 0 Å². The lowest BCUT2D eigenvalue weighted by molar-refractivity contribution is 0.174. The lowest BCUT2D eigenvalue weighted by Crippen LogP contribution is -2.14. The van der Waals surface area contributed by atoms with Gasteiger partial charge in [0.15, 0.2) is 23.1 Å². The summed E-state index contributed by atoms with van der Waals surface area (Å²) >= 11 is 0. The molecule has 8 nitrogen and oxygen atoms in total. The second-order valence-electron chi connectivity index (χ2n) is 6.35. The number of aromatic nitrogens is 2. The van der Waals surface area contributed by atoms with Gasteiger partial charge in [-0.1, -0.05) is 6.07 Å². The van der Waals surface area contributed by atoms with Crippen LogP contribution in [0.2, 0.25) is 0 Å². The van der Waals surface area contributed by atoms with Gasteiger partial charge in [0, 0.05) is 11.8 Å². The lowest BCUT2D eigenvalue weighted by Gasteiger charge is -2.10. The summed E-state index contributed by atoms with van der Waals surface area (Å²) in [5, 5.41) is 11.1. The number of rotatable bonds is 5. The zero-order valence-electron chi connectivity index (χ0n) is 15.3. The van der Waals surface area contributed by atoms with Crippen molar-refractivity contribution in [2.45, 2.75) is 18.7 Å². The van der Waals surface area contributed by atoms with Crippen molar-refractivity contribution in [1.82, 2.24) is 10.2 Å². The summed E-state index contributed by atoms with van der Waals surface area (Å²) in [4.78, 5) is 0.0517. The van der Waals surface area contributed by atoms with Gasteiger partial charge >= 0.3 is 0 Å². The van der Waals surface area contributed by atoms with E-state index in [2.05, 4.69) is 20.2 Å². The van der Waals surface area contributed by atoms with Crippen molar-refractivity contribution in [3.8, 4) is 11.5 Å². The van der Waals surface area contributed by atoms with Gasteiger partial charge in [0.2, 0.25) is 6.79 Å². The summed E-state index contributed by atoms with van der Waals surface area (Å²) < 4.78 is 37.9. The number of sulfonamides is 1. The van der Waals surface area contributed by atoms with Crippen molar-refractivity contribution < 1.29 is 17.9 Å². The Morgan fingerprint density at radius 3 is 2.36 bits per heavy atom. The molecule has 1 aromatic heterocycles. The van der Waals surface area contributed by atoms with Gasteiger partial charge in [0.25, 0.3) is 10.0 Å². The van der Waals surface area contributed by atoms with Crippen molar-refractivity contribution in [3.63, 3.8) is 0 Å². The van der Waals surface area contributed by atoms with Crippen LogP contribution in [-0.2, 0) is 10.0 Å². The first-order valence-corrected chi connectivity index (χ1v) is 9.99. The SMILES string of the molecule is Cc1ccc(Nc2ccc(NS(=O)(=O)c3ccc4c(c3)OCO4)nn2)cc1C. The lowest BCUT2D eigenvalue weighted by atomic mass is 10.1. The number of nitrogens with one attached hydrogen (secondary N) is 2. The van der Waals surface area contributed by atoms with Crippen molar-refractivity contribution in [3.05, 3.63) is 59.7 Å². The first-order chi connectivity index (χ1) is 13.4. The summed E-state index contributed by atoms with van der Waals surface area (Å²) in [6.07, 6.45) is 0. The van der Waals surface area contributed by atoms with E-state index in [1.807, 2.05) is 32.0 Å². The molecule has 0 amide bonds. The second kappa shape index (κ2) is 7.01. The van der Waals surface area contributed by atoms with Gasteiger partial charge < -0.3 is 14.8 Å². The van der Waals surface area contributed by atoms with Crippen LogP contribution in [0.1, 0.15) is 11.1 Å². The largest absolute Gasteiger partial charge is 0.454 e. The molecule has 2 aromatic carbocycles. The van der Waals surface area contributed by atoms with E-state index < -0.39 is 10.0 Å². The zero-order valence-corrected chi connectivity index (χ0v) is 16.1. The summed E-state index contributed by atoms with van der Waals surface area (Å²) in [6, 6.07) is 13.6. The third-order valence-corrected chi connectivity index (χ3v) is 5.69. The highest BCUT2D eigenvalue weighted by Gasteiger charge is 2.20. The zero-order chi connectivity index (χ0) is 19.7. The van der Waals surface area contributed by atoms with Crippen molar-refractivity contribution >= 4 is 27.3 Å². The third kappa shape index (κ3) is 3.70. The van der Waals surface area contributed by atoms with Gasteiger partial charge in [-0.3, -0.25) is 4.72 Å². The molecule has 0 fully saturated rings. The Labute approximate surface area is 162 Å². The highest BCUT2D eigenvalue weighted by molar-refractivity contribution is 7.92. The summed E-state index contributed by atoms with van der Waals surface area (Å²) in [5.41, 5.74) is 3.24. The van der Waals surface area contributed by atoms with E-state index in [0.717, 1.165) is 11.3 Å². The minimum atomic E-state index is -3.83. The summed E-state index contributed by atoms with van der Waals surface area (Å²) in [5.74, 6) is 1.53. The van der Waals surface area contributed by atoms with E-state index in [0.29, 0.717) is 17.3 Å². The van der Waals surface area contributed by atoms with Crippen LogP contribution in [0.25, 0.3) is 0 Å². The van der Waals surface area contributed by atoms with Gasteiger partial charge in [-0.15, -0.1) is 10.2 Å². The molecule has 1 aliphatic rings. The van der Waals surface area contributed by atoms with Crippen LogP contribution in [-0.4, -0.2) is 25.4 Å². The van der Waals surface area contributed by atoms with Crippen LogP contribution in [0, 0.1) is 13.8 Å². The smallest absolute Gasteiger partial charge is 0.263 e. The highest BCUT2D eigenvalue weighted by Crippen LogP contribution is 2.34. The molecule has 2 N–H and O–H groups in total. The predicted octanol–water partition coefficient (Wildman–Crippen LogP) is 3.37. The number of benzene rings is 2. The first-order valence-electron chi connectivity index (χ1n) is 8.51. The molecule has 0 aliphatic carbocycles. The normalized spacial score (nSPS) is 12.6. The molecule has 28 heavy (non-hydrogen) atoms. The van der Waals surface area contributed by atoms with Crippen molar-refractivity contribution in [2.24, 2.45) is 0 Å². The number of anilines is 3. The van der Waals surface area contributed by atoms with Gasteiger partial charge in [-0.25, -0.2) is 8.42 Å². The Bertz CT molecular complexity index is 1130. The van der Waals surface area contributed by atoms with Crippen LogP contribution in [0.4, 0.5) is 17.3 Å². The van der Waals surface area contributed by atoms with E-state index in [1.54, 1.807) is 18.2 Å². The minimum absolute atomic E-state index is 0.0517. The van der Waals surface area contributed by atoms with Crippen LogP contribution < -0.4 is 19.5 Å². The Hall–Kier alpha value is -3.33. The van der Waals surface area contributed by atoms with Gasteiger partial charge in [0.1, 0.15) is 0 Å². The summed E-state index contributed by atoms with van der Waals surface area (Å²) in [6.45, 7) is 4.15. The first kappa shape index (κ1) is 18.1. The van der Waals surface area contributed by atoms with E-state index in [-0.39, 0.29) is 17.5 Å². The number of fused-ring (bicyclic) bond motifs is 1. The number of aryl methyl sites for hydroxylation is 2. The average molecular weight is 398 g/mol. The predicted molar refractivity (Wildman–Crippen MR) is 105 cm³/mol. The molecular formula is C19H18N4O4S. The molecule has 4 rings (SSSR count). The standard InChI is InChI=1S/C19H18N4O4S/c1-12-3-4-14(9-13(12)2)20-18-7-8-19(22-21-18)23-28(24,25)15-5-6-16-17(10-15)27-11-26-16/h3-10H,11H2,1-2H3,(H,20,21)(H,22,23). The van der Waals surface area contributed by atoms with E-state index in [4.69, 9.17) is 9.47 Å². The maximum Gasteiger partial charge on any atom is 0.263 e. The Kier molecular flexibility index (Phi) is 4.52. The third-order valence-electron chi connectivity index (χ3n) is 4.34. The molecule has 0 atom stereocenters. The number of nitrogens with zero attached hydrogens (tertiary/aromatic N) is 2. The highest BCUT2D eigenvalue weighted by atomic mass is 32.2. The maximum absolute atomic E-state index is 12.6. The molecule has 0 unspecified atom stereocenters. The fourth-order valence-corrected chi connectivity index (χ4v) is 3.67. The topological polar surface area (TPSA) is 102 Å². The Morgan fingerprint density at radius 2 is 1.61 bits per heavy atom.